The first-order valence-corrected chi connectivity index (χ1v) is 6.00. The number of hydrogen-bond acceptors (Lipinski definition) is 4. The van der Waals surface area contributed by atoms with E-state index in [4.69, 9.17) is 44.3 Å². The molecule has 0 amide bonds. The van der Waals surface area contributed by atoms with Crippen LogP contribution < -0.4 is 0 Å². The monoisotopic (exact) mass is 308 g/mol. The number of fused-ring (bicyclic) bond motifs is 1. The summed E-state index contributed by atoms with van der Waals surface area (Å²) in [6.45, 7) is 1.13. The summed E-state index contributed by atoms with van der Waals surface area (Å²) in [5.74, 6) is -3.49. The quantitative estimate of drug-likeness (QED) is 0.591. The van der Waals surface area contributed by atoms with Crippen molar-refractivity contribution in [3.63, 3.8) is 0 Å². The van der Waals surface area contributed by atoms with Crippen molar-refractivity contribution < 1.29 is 19.1 Å². The van der Waals surface area contributed by atoms with Gasteiger partial charge in [0, 0.05) is 6.92 Å². The zero-order valence-electron chi connectivity index (χ0n) is 9.08. The zero-order chi connectivity index (χ0) is 13.6. The average molecular weight is 310 g/mol. The van der Waals surface area contributed by atoms with Gasteiger partial charge in [-0.3, -0.25) is 4.79 Å². The standard InChI is InChI=1S/C11H7Cl3O4/c1-6(15)17-10(11(12,13)14)8-5-3-2-4-7(8)9(16)18-10/h2-5H,1H3/t10-/m1/s1. The van der Waals surface area contributed by atoms with Gasteiger partial charge in [0.1, 0.15) is 0 Å². The molecule has 1 heterocycles. The molecule has 18 heavy (non-hydrogen) atoms. The molecule has 2 rings (SSSR count). The van der Waals surface area contributed by atoms with Crippen molar-refractivity contribution in [2.45, 2.75) is 16.5 Å². The van der Waals surface area contributed by atoms with E-state index in [1.54, 1.807) is 12.1 Å². The van der Waals surface area contributed by atoms with Gasteiger partial charge in [-0.1, -0.05) is 53.0 Å². The Balaban J connectivity index is 2.64. The number of alkyl halides is 3. The fourth-order valence-corrected chi connectivity index (χ4v) is 2.27. The van der Waals surface area contributed by atoms with Gasteiger partial charge < -0.3 is 9.47 Å². The van der Waals surface area contributed by atoms with E-state index < -0.39 is 21.5 Å². The first-order chi connectivity index (χ1) is 8.28. The predicted octanol–water partition coefficient (Wildman–Crippen LogP) is 2.94. The molecule has 0 saturated heterocycles. The first-order valence-electron chi connectivity index (χ1n) is 4.87. The maximum absolute atomic E-state index is 11.7. The van der Waals surface area contributed by atoms with Crippen LogP contribution in [0.3, 0.4) is 0 Å². The van der Waals surface area contributed by atoms with Gasteiger partial charge in [-0.05, 0) is 6.07 Å². The fourth-order valence-electron chi connectivity index (χ4n) is 1.74. The molecule has 1 aromatic rings. The Kier molecular flexibility index (Phi) is 3.21. The van der Waals surface area contributed by atoms with Crippen molar-refractivity contribution in [3.8, 4) is 0 Å². The minimum atomic E-state index is -2.14. The second kappa shape index (κ2) is 4.30. The highest BCUT2D eigenvalue weighted by atomic mass is 35.6. The van der Waals surface area contributed by atoms with Crippen molar-refractivity contribution in [1.82, 2.24) is 0 Å². The molecular formula is C11H7Cl3O4. The molecular weight excluding hydrogens is 302 g/mol. The SMILES string of the molecule is CC(=O)O[C@@]1(C(Cl)(Cl)Cl)OC(=O)c2ccccc21. The Morgan fingerprint density at radius 3 is 2.50 bits per heavy atom. The van der Waals surface area contributed by atoms with Gasteiger partial charge in [-0.2, -0.15) is 0 Å². The fraction of sp³-hybridized carbons (Fsp3) is 0.273. The molecule has 7 heteroatoms. The van der Waals surface area contributed by atoms with Crippen molar-refractivity contribution in [3.05, 3.63) is 35.4 Å². The number of esters is 2. The van der Waals surface area contributed by atoms with E-state index in [1.807, 2.05) is 0 Å². The number of ether oxygens (including phenoxy) is 2. The number of cyclic esters (lactones) is 1. The van der Waals surface area contributed by atoms with Crippen LogP contribution in [0.4, 0.5) is 0 Å². The number of carbonyl (C=O) groups excluding carboxylic acids is 2. The minimum Gasteiger partial charge on any atom is -0.414 e. The van der Waals surface area contributed by atoms with E-state index in [-0.39, 0.29) is 11.1 Å². The Labute approximate surface area is 118 Å². The number of carbonyl (C=O) groups is 2. The summed E-state index contributed by atoms with van der Waals surface area (Å²) in [5, 5.41) is 0. The maximum atomic E-state index is 11.7. The smallest absolute Gasteiger partial charge is 0.342 e. The normalized spacial score (nSPS) is 22.3. The topological polar surface area (TPSA) is 52.6 Å². The maximum Gasteiger partial charge on any atom is 0.342 e. The van der Waals surface area contributed by atoms with Crippen LogP contribution in [0.5, 0.6) is 0 Å². The van der Waals surface area contributed by atoms with Crippen LogP contribution in [0.15, 0.2) is 24.3 Å². The van der Waals surface area contributed by atoms with Gasteiger partial charge in [-0.25, -0.2) is 4.79 Å². The molecule has 0 aliphatic carbocycles. The van der Waals surface area contributed by atoms with Crippen molar-refractivity contribution in [1.29, 1.82) is 0 Å². The lowest BCUT2D eigenvalue weighted by atomic mass is 10.0. The summed E-state index contributed by atoms with van der Waals surface area (Å²) in [6.07, 6.45) is 0. The molecule has 0 spiro atoms. The van der Waals surface area contributed by atoms with Gasteiger partial charge in [0.05, 0.1) is 11.1 Å². The third-order valence-corrected chi connectivity index (χ3v) is 3.15. The van der Waals surface area contributed by atoms with Crippen LogP contribution in [0, 0.1) is 0 Å². The molecule has 1 aromatic carbocycles. The largest absolute Gasteiger partial charge is 0.414 e. The lowest BCUT2D eigenvalue weighted by molar-refractivity contribution is -0.206. The molecule has 1 aliphatic heterocycles. The lowest BCUT2D eigenvalue weighted by Gasteiger charge is -2.33. The van der Waals surface area contributed by atoms with Crippen molar-refractivity contribution in [2.24, 2.45) is 0 Å². The molecule has 0 unspecified atom stereocenters. The summed E-state index contributed by atoms with van der Waals surface area (Å²) in [5.41, 5.74) is 0.412. The zero-order valence-corrected chi connectivity index (χ0v) is 11.3. The first kappa shape index (κ1) is 13.5. The molecule has 0 fully saturated rings. The van der Waals surface area contributed by atoms with Crippen LogP contribution in [0.2, 0.25) is 0 Å². The van der Waals surface area contributed by atoms with Crippen LogP contribution in [-0.4, -0.2) is 15.7 Å². The van der Waals surface area contributed by atoms with Crippen molar-refractivity contribution in [2.75, 3.05) is 0 Å². The van der Waals surface area contributed by atoms with E-state index in [1.165, 1.54) is 12.1 Å². The Morgan fingerprint density at radius 1 is 1.33 bits per heavy atom. The van der Waals surface area contributed by atoms with Gasteiger partial charge in [0.2, 0.25) is 0 Å². The highest BCUT2D eigenvalue weighted by Crippen LogP contribution is 2.52. The summed E-state index contributed by atoms with van der Waals surface area (Å²) in [6, 6.07) is 6.25. The molecule has 1 atom stereocenters. The summed E-state index contributed by atoms with van der Waals surface area (Å²) < 4.78 is 7.86. The van der Waals surface area contributed by atoms with Gasteiger partial charge in [-0.15, -0.1) is 0 Å². The van der Waals surface area contributed by atoms with E-state index in [0.29, 0.717) is 0 Å². The molecule has 0 radical (unpaired) electrons. The van der Waals surface area contributed by atoms with Gasteiger partial charge in [0.25, 0.3) is 3.79 Å². The van der Waals surface area contributed by atoms with E-state index in [0.717, 1.165) is 6.92 Å². The molecule has 0 bridgehead atoms. The van der Waals surface area contributed by atoms with Crippen molar-refractivity contribution >= 4 is 46.7 Å². The molecule has 96 valence electrons. The minimum absolute atomic E-state index is 0.199. The van der Waals surface area contributed by atoms with Crippen LogP contribution in [-0.2, 0) is 20.1 Å². The Bertz CT molecular complexity index is 519. The van der Waals surface area contributed by atoms with E-state index in [9.17, 15) is 9.59 Å². The predicted molar refractivity (Wildman–Crippen MR) is 65.6 cm³/mol. The van der Waals surface area contributed by atoms with Gasteiger partial charge >= 0.3 is 17.7 Å². The highest BCUT2D eigenvalue weighted by molar-refractivity contribution is 6.68. The molecule has 4 nitrogen and oxygen atoms in total. The summed E-state index contributed by atoms with van der Waals surface area (Å²) >= 11 is 17.4. The highest BCUT2D eigenvalue weighted by Gasteiger charge is 2.62. The number of rotatable bonds is 1. The van der Waals surface area contributed by atoms with Gasteiger partial charge in [0.15, 0.2) is 0 Å². The Morgan fingerprint density at radius 2 is 1.94 bits per heavy atom. The molecule has 0 saturated carbocycles. The third-order valence-electron chi connectivity index (χ3n) is 2.40. The molecule has 1 aliphatic rings. The van der Waals surface area contributed by atoms with E-state index in [2.05, 4.69) is 0 Å². The second-order valence-electron chi connectivity index (χ2n) is 3.64. The Hall–Kier alpha value is -0.970. The third kappa shape index (κ3) is 1.94. The van der Waals surface area contributed by atoms with Crippen LogP contribution in [0.1, 0.15) is 22.8 Å². The van der Waals surface area contributed by atoms with E-state index >= 15 is 0 Å². The summed E-state index contributed by atoms with van der Waals surface area (Å²) in [4.78, 5) is 22.9. The number of benzene rings is 1. The number of halogens is 3. The lowest BCUT2D eigenvalue weighted by Crippen LogP contribution is -2.44. The van der Waals surface area contributed by atoms with Crippen LogP contribution in [0.25, 0.3) is 0 Å². The molecule has 0 aromatic heterocycles. The molecule has 0 N–H and O–H groups in total. The van der Waals surface area contributed by atoms with Crippen LogP contribution >= 0.6 is 34.8 Å². The number of hydrogen-bond donors (Lipinski definition) is 0. The second-order valence-corrected chi connectivity index (χ2v) is 5.92. The average Bonchev–Trinajstić information content (AvgIpc) is 2.53. The summed E-state index contributed by atoms with van der Waals surface area (Å²) in [7, 11) is 0.